The molecule has 0 amide bonds. The third-order valence-electron chi connectivity index (χ3n) is 5.39. The number of allylic oxidation sites excluding steroid dienone is 1. The van der Waals surface area contributed by atoms with Crippen molar-refractivity contribution in [2.45, 2.75) is 65.0 Å². The first-order valence-electron chi connectivity index (χ1n) is 10.8. The highest BCUT2D eigenvalue weighted by atomic mass is 16.3. The van der Waals surface area contributed by atoms with E-state index in [-0.39, 0.29) is 0 Å². The van der Waals surface area contributed by atoms with E-state index in [1.165, 1.54) is 32.1 Å². The number of imidazole rings is 1. The van der Waals surface area contributed by atoms with Crippen LogP contribution in [-0.2, 0) is 19.5 Å². The summed E-state index contributed by atoms with van der Waals surface area (Å²) in [5.41, 5.74) is 3.95. The molecule has 0 radical (unpaired) electrons. The number of hydrogen-bond donors (Lipinski definition) is 2. The van der Waals surface area contributed by atoms with Gasteiger partial charge < -0.3 is 15.0 Å². The van der Waals surface area contributed by atoms with E-state index >= 15 is 0 Å². The number of phenols is 1. The van der Waals surface area contributed by atoms with Gasteiger partial charge in [0.2, 0.25) is 5.95 Å². The third-order valence-corrected chi connectivity index (χ3v) is 5.39. The number of hydrogen-bond acceptors (Lipinski definition) is 3. The summed E-state index contributed by atoms with van der Waals surface area (Å²) in [6, 6.07) is 14.2. The predicted octanol–water partition coefficient (Wildman–Crippen LogP) is 6.44. The van der Waals surface area contributed by atoms with Crippen molar-refractivity contribution >= 4 is 17.0 Å². The number of para-hydroxylation sites is 3. The second kappa shape index (κ2) is 10.7. The van der Waals surface area contributed by atoms with Gasteiger partial charge in [-0.1, -0.05) is 75.4 Å². The summed E-state index contributed by atoms with van der Waals surface area (Å²) in [6.45, 7) is 7.51. The average Bonchev–Trinajstić information content (AvgIpc) is 3.09. The van der Waals surface area contributed by atoms with Crippen molar-refractivity contribution < 1.29 is 5.11 Å². The maximum absolute atomic E-state index is 10.5. The SMILES string of the molecule is C=CCc1cccc(CNc2nc3ccccc3n2CCCCCCCC)c1O. The molecule has 0 aliphatic carbocycles. The minimum atomic E-state index is 0.346. The quantitative estimate of drug-likeness (QED) is 0.276. The highest BCUT2D eigenvalue weighted by Crippen LogP contribution is 2.26. The highest BCUT2D eigenvalue weighted by molar-refractivity contribution is 5.78. The van der Waals surface area contributed by atoms with E-state index in [4.69, 9.17) is 4.98 Å². The van der Waals surface area contributed by atoms with E-state index in [0.717, 1.165) is 41.1 Å². The number of nitrogens with zero attached hydrogens (tertiary/aromatic N) is 2. The molecule has 0 spiro atoms. The Kier molecular flexibility index (Phi) is 7.74. The Morgan fingerprint density at radius 1 is 1.00 bits per heavy atom. The van der Waals surface area contributed by atoms with Crippen molar-refractivity contribution in [1.29, 1.82) is 0 Å². The van der Waals surface area contributed by atoms with Crippen LogP contribution in [0.25, 0.3) is 11.0 Å². The molecular weight excluding hydrogens is 358 g/mol. The van der Waals surface area contributed by atoms with Crippen LogP contribution in [0.2, 0.25) is 0 Å². The zero-order chi connectivity index (χ0) is 20.5. The second-order valence-corrected chi connectivity index (χ2v) is 7.61. The monoisotopic (exact) mass is 391 g/mol. The Labute approximate surface area is 174 Å². The second-order valence-electron chi connectivity index (χ2n) is 7.61. The van der Waals surface area contributed by atoms with E-state index < -0.39 is 0 Å². The zero-order valence-corrected chi connectivity index (χ0v) is 17.5. The number of aromatic nitrogens is 2. The molecule has 2 N–H and O–H groups in total. The molecule has 0 atom stereocenters. The molecule has 3 rings (SSSR count). The number of unbranched alkanes of at least 4 members (excludes halogenated alkanes) is 5. The van der Waals surface area contributed by atoms with Crippen molar-refractivity contribution in [1.82, 2.24) is 9.55 Å². The van der Waals surface area contributed by atoms with Gasteiger partial charge in [-0.15, -0.1) is 6.58 Å². The number of anilines is 1. The van der Waals surface area contributed by atoms with Crippen LogP contribution in [0.5, 0.6) is 5.75 Å². The molecule has 4 heteroatoms. The van der Waals surface area contributed by atoms with Crippen LogP contribution in [0.15, 0.2) is 55.1 Å². The topological polar surface area (TPSA) is 50.1 Å². The number of nitrogens with one attached hydrogen (secondary N) is 1. The summed E-state index contributed by atoms with van der Waals surface area (Å²) in [6.07, 6.45) is 10.1. The van der Waals surface area contributed by atoms with Crippen molar-refractivity contribution in [3.8, 4) is 5.75 Å². The van der Waals surface area contributed by atoms with Crippen LogP contribution in [0.3, 0.4) is 0 Å². The summed E-state index contributed by atoms with van der Waals surface area (Å²) in [5, 5.41) is 14.0. The molecule has 0 aliphatic heterocycles. The fraction of sp³-hybridized carbons (Fsp3) is 0.400. The Balaban J connectivity index is 1.72. The van der Waals surface area contributed by atoms with Crippen molar-refractivity contribution in [2.24, 2.45) is 0 Å². The molecule has 4 nitrogen and oxygen atoms in total. The van der Waals surface area contributed by atoms with Crippen molar-refractivity contribution in [3.05, 3.63) is 66.2 Å². The number of rotatable bonds is 12. The lowest BCUT2D eigenvalue weighted by molar-refractivity contribution is 0.463. The number of phenolic OH excluding ortho intramolecular Hbond substituents is 1. The maximum atomic E-state index is 10.5. The first-order chi connectivity index (χ1) is 14.2. The molecule has 2 aromatic carbocycles. The van der Waals surface area contributed by atoms with Gasteiger partial charge in [0.1, 0.15) is 5.75 Å². The van der Waals surface area contributed by atoms with Crippen LogP contribution in [-0.4, -0.2) is 14.7 Å². The lowest BCUT2D eigenvalue weighted by Gasteiger charge is -2.13. The van der Waals surface area contributed by atoms with Crippen LogP contribution in [0, 0.1) is 0 Å². The molecule has 0 saturated carbocycles. The minimum absolute atomic E-state index is 0.346. The van der Waals surface area contributed by atoms with Crippen molar-refractivity contribution in [2.75, 3.05) is 5.32 Å². The Hall–Kier alpha value is -2.75. The van der Waals surface area contributed by atoms with Gasteiger partial charge in [-0.05, 0) is 30.5 Å². The smallest absolute Gasteiger partial charge is 0.204 e. The normalized spacial score (nSPS) is 11.1. The largest absolute Gasteiger partial charge is 0.507 e. The summed E-state index contributed by atoms with van der Waals surface area (Å²) in [5.74, 6) is 1.21. The standard InChI is InChI=1S/C25H33N3O/c1-3-5-6-7-8-11-18-28-23-17-10-9-16-22(23)27-25(28)26-19-21-15-12-14-20(13-4-2)24(21)29/h4,9-10,12,14-17,29H,2-3,5-8,11,13,18-19H2,1H3,(H,26,27). The van der Waals surface area contributed by atoms with Gasteiger partial charge in [0.05, 0.1) is 11.0 Å². The van der Waals surface area contributed by atoms with Gasteiger partial charge in [0, 0.05) is 18.7 Å². The van der Waals surface area contributed by atoms with Crippen LogP contribution >= 0.6 is 0 Å². The maximum Gasteiger partial charge on any atom is 0.204 e. The summed E-state index contributed by atoms with van der Waals surface area (Å²) >= 11 is 0. The van der Waals surface area contributed by atoms with E-state index in [0.29, 0.717) is 18.7 Å². The fourth-order valence-corrected chi connectivity index (χ4v) is 3.77. The summed E-state index contributed by atoms with van der Waals surface area (Å²) in [7, 11) is 0. The van der Waals surface area contributed by atoms with Gasteiger partial charge in [-0.2, -0.15) is 0 Å². The molecule has 1 heterocycles. The number of aryl methyl sites for hydroxylation is 1. The lowest BCUT2D eigenvalue weighted by atomic mass is 10.1. The highest BCUT2D eigenvalue weighted by Gasteiger charge is 2.12. The summed E-state index contributed by atoms with van der Waals surface area (Å²) < 4.78 is 2.28. The minimum Gasteiger partial charge on any atom is -0.507 e. The molecule has 154 valence electrons. The average molecular weight is 392 g/mol. The Bertz CT molecular complexity index is 929. The van der Waals surface area contributed by atoms with Gasteiger partial charge in [0.15, 0.2) is 0 Å². The third kappa shape index (κ3) is 5.41. The Morgan fingerprint density at radius 3 is 2.59 bits per heavy atom. The fourth-order valence-electron chi connectivity index (χ4n) is 3.77. The van der Waals surface area contributed by atoms with Crippen LogP contribution in [0.1, 0.15) is 56.6 Å². The van der Waals surface area contributed by atoms with E-state index in [1.54, 1.807) is 0 Å². The number of aromatic hydroxyl groups is 1. The predicted molar refractivity (Wildman–Crippen MR) is 122 cm³/mol. The van der Waals surface area contributed by atoms with Crippen molar-refractivity contribution in [3.63, 3.8) is 0 Å². The lowest BCUT2D eigenvalue weighted by Crippen LogP contribution is -2.08. The van der Waals surface area contributed by atoms with Crippen LogP contribution < -0.4 is 5.32 Å². The van der Waals surface area contributed by atoms with Gasteiger partial charge in [-0.25, -0.2) is 4.98 Å². The number of benzene rings is 2. The molecule has 3 aromatic rings. The first-order valence-corrected chi connectivity index (χ1v) is 10.8. The molecule has 0 saturated heterocycles. The molecule has 0 fully saturated rings. The van der Waals surface area contributed by atoms with E-state index in [2.05, 4.69) is 41.6 Å². The van der Waals surface area contributed by atoms with Gasteiger partial charge in [0.25, 0.3) is 0 Å². The zero-order valence-electron chi connectivity index (χ0n) is 17.5. The molecule has 0 unspecified atom stereocenters. The van der Waals surface area contributed by atoms with E-state index in [9.17, 15) is 5.11 Å². The van der Waals surface area contributed by atoms with Gasteiger partial charge >= 0.3 is 0 Å². The number of fused-ring (bicyclic) bond motifs is 1. The molecular formula is C25H33N3O. The molecule has 1 aromatic heterocycles. The molecule has 0 aliphatic rings. The summed E-state index contributed by atoms with van der Waals surface area (Å²) in [4.78, 5) is 4.80. The van der Waals surface area contributed by atoms with E-state index in [1.807, 2.05) is 30.3 Å². The molecule has 0 bridgehead atoms. The van der Waals surface area contributed by atoms with Crippen LogP contribution in [0.4, 0.5) is 5.95 Å². The van der Waals surface area contributed by atoms with Gasteiger partial charge in [-0.3, -0.25) is 0 Å². The Morgan fingerprint density at radius 2 is 1.76 bits per heavy atom. The first kappa shape index (κ1) is 21.0. The molecule has 29 heavy (non-hydrogen) atoms.